The number of alkyl halides is 1. The van der Waals surface area contributed by atoms with Gasteiger partial charge in [-0.1, -0.05) is 24.6 Å². The molecular weight excluding hydrogens is 127 g/mol. The second kappa shape index (κ2) is 4.26. The van der Waals surface area contributed by atoms with E-state index >= 15 is 0 Å². The minimum atomic E-state index is -0.873. The molecule has 0 rings (SSSR count). The van der Waals surface area contributed by atoms with E-state index in [1.54, 1.807) is 12.2 Å². The van der Waals surface area contributed by atoms with Gasteiger partial charge in [-0.3, -0.25) is 0 Å². The largest absolute Gasteiger partial charge is 0.242 e. The number of halogens is 1. The fraction of sp³-hybridized carbons (Fsp3) is 0.556. The first-order valence-corrected chi connectivity index (χ1v) is 3.49. The Labute approximate surface area is 62.4 Å². The minimum absolute atomic E-state index is 0.0742. The number of hydrogen-bond donors (Lipinski definition) is 0. The molecule has 1 heteroatoms. The van der Waals surface area contributed by atoms with Crippen molar-refractivity contribution in [3.63, 3.8) is 0 Å². The van der Waals surface area contributed by atoms with Crippen LogP contribution in [0.4, 0.5) is 4.39 Å². The fourth-order valence-corrected chi connectivity index (χ4v) is 0.600. The molecule has 0 aliphatic carbocycles. The quantitative estimate of drug-likeness (QED) is 0.531. The van der Waals surface area contributed by atoms with Crippen LogP contribution in [0.3, 0.4) is 0 Å². The van der Waals surface area contributed by atoms with Crippen molar-refractivity contribution in [1.29, 1.82) is 0 Å². The maximum atomic E-state index is 12.9. The second-order valence-electron chi connectivity index (χ2n) is 2.78. The Morgan fingerprint density at radius 1 is 1.50 bits per heavy atom. The molecule has 0 spiro atoms. The van der Waals surface area contributed by atoms with E-state index in [-0.39, 0.29) is 5.92 Å². The molecule has 0 heterocycles. The Bertz CT molecular complexity index is 132. The van der Waals surface area contributed by atoms with E-state index in [2.05, 4.69) is 6.58 Å². The summed E-state index contributed by atoms with van der Waals surface area (Å²) in [4.78, 5) is 0. The van der Waals surface area contributed by atoms with Gasteiger partial charge >= 0.3 is 0 Å². The molecule has 0 radical (unpaired) electrons. The standard InChI is InChI=1S/C9H15F/c1-5-8(4)9(10)6-7(2)3/h5-6,8-9H,1H2,2-4H3. The summed E-state index contributed by atoms with van der Waals surface area (Å²) in [5.41, 5.74) is 1.02. The first-order chi connectivity index (χ1) is 4.57. The number of rotatable bonds is 3. The van der Waals surface area contributed by atoms with Gasteiger partial charge in [0.25, 0.3) is 0 Å². The summed E-state index contributed by atoms with van der Waals surface area (Å²) in [6, 6.07) is 0. The second-order valence-corrected chi connectivity index (χ2v) is 2.78. The van der Waals surface area contributed by atoms with Crippen LogP contribution in [-0.2, 0) is 0 Å². The minimum Gasteiger partial charge on any atom is -0.242 e. The van der Waals surface area contributed by atoms with Crippen molar-refractivity contribution in [2.24, 2.45) is 5.92 Å². The van der Waals surface area contributed by atoms with Gasteiger partial charge in [0.05, 0.1) is 0 Å². The molecule has 0 nitrogen and oxygen atoms in total. The van der Waals surface area contributed by atoms with Crippen LogP contribution in [0.25, 0.3) is 0 Å². The van der Waals surface area contributed by atoms with Gasteiger partial charge < -0.3 is 0 Å². The zero-order chi connectivity index (χ0) is 8.15. The summed E-state index contributed by atoms with van der Waals surface area (Å²) in [6.45, 7) is 9.12. The predicted octanol–water partition coefficient (Wildman–Crippen LogP) is 3.11. The normalized spacial score (nSPS) is 15.6. The molecule has 0 aliphatic heterocycles. The van der Waals surface area contributed by atoms with E-state index in [0.29, 0.717) is 0 Å². The first kappa shape index (κ1) is 9.41. The zero-order valence-corrected chi connectivity index (χ0v) is 6.89. The summed E-state index contributed by atoms with van der Waals surface area (Å²) < 4.78 is 12.9. The molecule has 10 heavy (non-hydrogen) atoms. The molecule has 0 aliphatic rings. The zero-order valence-electron chi connectivity index (χ0n) is 6.89. The Hall–Kier alpha value is -0.590. The molecule has 0 aromatic rings. The highest BCUT2D eigenvalue weighted by molar-refractivity contribution is 5.02. The van der Waals surface area contributed by atoms with E-state index in [9.17, 15) is 4.39 Å². The topological polar surface area (TPSA) is 0 Å². The third-order valence-corrected chi connectivity index (χ3v) is 1.37. The van der Waals surface area contributed by atoms with Crippen LogP contribution in [0, 0.1) is 5.92 Å². The molecule has 2 unspecified atom stereocenters. The van der Waals surface area contributed by atoms with Crippen molar-refractivity contribution in [3.05, 3.63) is 24.3 Å². The predicted molar refractivity (Wildman–Crippen MR) is 43.7 cm³/mol. The molecular formula is C9H15F. The van der Waals surface area contributed by atoms with Crippen LogP contribution >= 0.6 is 0 Å². The van der Waals surface area contributed by atoms with Crippen molar-refractivity contribution in [2.45, 2.75) is 26.9 Å². The highest BCUT2D eigenvalue weighted by Crippen LogP contribution is 2.11. The van der Waals surface area contributed by atoms with Gasteiger partial charge in [-0.2, -0.15) is 0 Å². The lowest BCUT2D eigenvalue weighted by molar-refractivity contribution is 0.335. The van der Waals surface area contributed by atoms with Gasteiger partial charge in [-0.15, -0.1) is 6.58 Å². The highest BCUT2D eigenvalue weighted by atomic mass is 19.1. The van der Waals surface area contributed by atoms with Crippen LogP contribution in [0.15, 0.2) is 24.3 Å². The van der Waals surface area contributed by atoms with E-state index < -0.39 is 6.17 Å². The molecule has 0 amide bonds. The average Bonchev–Trinajstić information content (AvgIpc) is 1.85. The lowest BCUT2D eigenvalue weighted by atomic mass is 10.0. The molecule has 0 bridgehead atoms. The molecule has 2 atom stereocenters. The van der Waals surface area contributed by atoms with E-state index in [1.165, 1.54) is 0 Å². The van der Waals surface area contributed by atoms with Gasteiger partial charge in [0.15, 0.2) is 0 Å². The Balaban J connectivity index is 3.95. The maximum Gasteiger partial charge on any atom is 0.124 e. The molecule has 0 saturated carbocycles. The van der Waals surface area contributed by atoms with E-state index in [1.807, 2.05) is 20.8 Å². The third kappa shape index (κ3) is 3.44. The van der Waals surface area contributed by atoms with Gasteiger partial charge in [-0.25, -0.2) is 4.39 Å². The van der Waals surface area contributed by atoms with Crippen LogP contribution < -0.4 is 0 Å². The van der Waals surface area contributed by atoms with Gasteiger partial charge in [0, 0.05) is 5.92 Å². The lowest BCUT2D eigenvalue weighted by Crippen LogP contribution is -2.06. The fourth-order valence-electron chi connectivity index (χ4n) is 0.600. The SMILES string of the molecule is C=CC(C)C(F)C=C(C)C. The average molecular weight is 142 g/mol. The maximum absolute atomic E-state index is 12.9. The van der Waals surface area contributed by atoms with Gasteiger partial charge in [0.1, 0.15) is 6.17 Å². The highest BCUT2D eigenvalue weighted by Gasteiger charge is 2.08. The summed E-state index contributed by atoms with van der Waals surface area (Å²) in [7, 11) is 0. The molecule has 0 aromatic carbocycles. The number of allylic oxidation sites excluding steroid dienone is 3. The smallest absolute Gasteiger partial charge is 0.124 e. The first-order valence-electron chi connectivity index (χ1n) is 3.49. The third-order valence-electron chi connectivity index (χ3n) is 1.37. The van der Waals surface area contributed by atoms with Crippen LogP contribution in [0.1, 0.15) is 20.8 Å². The Morgan fingerprint density at radius 3 is 2.30 bits per heavy atom. The summed E-state index contributed by atoms with van der Waals surface area (Å²) >= 11 is 0. The molecule has 0 fully saturated rings. The van der Waals surface area contributed by atoms with Crippen LogP contribution in [0.5, 0.6) is 0 Å². The Kier molecular flexibility index (Phi) is 4.01. The summed E-state index contributed by atoms with van der Waals surface area (Å²) in [5, 5.41) is 0. The van der Waals surface area contributed by atoms with E-state index in [4.69, 9.17) is 0 Å². The Morgan fingerprint density at radius 2 is 2.00 bits per heavy atom. The van der Waals surface area contributed by atoms with Gasteiger partial charge in [-0.05, 0) is 13.8 Å². The van der Waals surface area contributed by atoms with Gasteiger partial charge in [0.2, 0.25) is 0 Å². The molecule has 0 aromatic heterocycles. The van der Waals surface area contributed by atoms with Crippen molar-refractivity contribution < 1.29 is 4.39 Å². The number of hydrogen-bond acceptors (Lipinski definition) is 0. The van der Waals surface area contributed by atoms with Crippen LogP contribution in [0.2, 0.25) is 0 Å². The van der Waals surface area contributed by atoms with Crippen LogP contribution in [-0.4, -0.2) is 6.17 Å². The molecule has 0 N–H and O–H groups in total. The monoisotopic (exact) mass is 142 g/mol. The molecule has 58 valence electrons. The summed E-state index contributed by atoms with van der Waals surface area (Å²) in [5.74, 6) is -0.0742. The van der Waals surface area contributed by atoms with Crippen molar-refractivity contribution in [1.82, 2.24) is 0 Å². The van der Waals surface area contributed by atoms with E-state index in [0.717, 1.165) is 5.57 Å². The van der Waals surface area contributed by atoms with Crippen molar-refractivity contribution in [3.8, 4) is 0 Å². The lowest BCUT2D eigenvalue weighted by Gasteiger charge is -2.07. The van der Waals surface area contributed by atoms with Crippen molar-refractivity contribution in [2.75, 3.05) is 0 Å². The van der Waals surface area contributed by atoms with Crippen molar-refractivity contribution >= 4 is 0 Å². The summed E-state index contributed by atoms with van der Waals surface area (Å²) in [6.07, 6.45) is 2.37. The molecule has 0 saturated heterocycles.